The van der Waals surface area contributed by atoms with Crippen molar-refractivity contribution in [1.29, 1.82) is 0 Å². The summed E-state index contributed by atoms with van der Waals surface area (Å²) in [4.78, 5) is 33.4. The lowest BCUT2D eigenvalue weighted by Gasteiger charge is -2.36. The number of rotatable bonds is 2. The highest BCUT2D eigenvalue weighted by molar-refractivity contribution is 6.01. The smallest absolute Gasteiger partial charge is 0.319 e. The Hall–Kier alpha value is -4.20. The number of pyridine rings is 1. The largest absolute Gasteiger partial charge is 0.508 e. The van der Waals surface area contributed by atoms with Gasteiger partial charge in [0.25, 0.3) is 0 Å². The molecule has 1 spiro atoms. The number of likely N-dealkylation sites (N-methyl/N-ethyl adjacent to an activating group) is 1. The zero-order chi connectivity index (χ0) is 35.9. The number of hydrogen-bond donors (Lipinski definition) is 2. The lowest BCUT2D eigenvalue weighted by Crippen LogP contribution is -2.55. The average Bonchev–Trinajstić information content (AvgIpc) is 3.68. The summed E-state index contributed by atoms with van der Waals surface area (Å²) in [6, 6.07) is 5.91. The number of nitrogens with zero attached hydrogens (tertiary/aromatic N) is 6. The van der Waals surface area contributed by atoms with Crippen molar-refractivity contribution in [2.75, 3.05) is 64.4 Å². The summed E-state index contributed by atoms with van der Waals surface area (Å²) in [5, 5.41) is 15.6. The van der Waals surface area contributed by atoms with Gasteiger partial charge >= 0.3 is 6.01 Å². The van der Waals surface area contributed by atoms with E-state index in [9.17, 15) is 9.90 Å². The third kappa shape index (κ3) is 6.55. The molecule has 4 aliphatic heterocycles. The van der Waals surface area contributed by atoms with Crippen molar-refractivity contribution in [3.63, 3.8) is 0 Å². The molecule has 51 heavy (non-hydrogen) atoms. The first-order valence-corrected chi connectivity index (χ1v) is 18.3. The topological polar surface area (TPSA) is 116 Å². The summed E-state index contributed by atoms with van der Waals surface area (Å²) in [5.74, 6) is -0.666. The molecule has 8 rings (SSSR count). The number of aromatic hydroxyl groups is 1. The van der Waals surface area contributed by atoms with E-state index >= 15 is 8.78 Å². The number of carbonyl (C=O) groups excluding carboxylic acids is 1. The van der Waals surface area contributed by atoms with Gasteiger partial charge < -0.3 is 29.7 Å². The van der Waals surface area contributed by atoms with Gasteiger partial charge in [0, 0.05) is 57.6 Å². The van der Waals surface area contributed by atoms with Crippen molar-refractivity contribution >= 4 is 33.4 Å². The van der Waals surface area contributed by atoms with E-state index in [0.717, 1.165) is 32.4 Å². The first kappa shape index (κ1) is 35.2. The second-order valence-corrected chi connectivity index (χ2v) is 13.9. The predicted molar refractivity (Wildman–Crippen MR) is 192 cm³/mol. The molecule has 2 aromatic heterocycles. The second-order valence-electron chi connectivity index (χ2n) is 13.9. The predicted octanol–water partition coefficient (Wildman–Crippen LogP) is 5.06. The fraction of sp³-hybridized carbons (Fsp3) is 0.526. The summed E-state index contributed by atoms with van der Waals surface area (Å²) in [6.45, 7) is 10.4. The Balaban J connectivity index is 0.00000200. The molecule has 4 aromatic rings. The van der Waals surface area contributed by atoms with Crippen LogP contribution in [0.15, 0.2) is 30.5 Å². The van der Waals surface area contributed by atoms with Gasteiger partial charge in [-0.25, -0.2) is 8.78 Å². The van der Waals surface area contributed by atoms with Gasteiger partial charge in [-0.15, -0.1) is 0 Å². The van der Waals surface area contributed by atoms with Crippen LogP contribution in [0, 0.1) is 11.6 Å². The average molecular weight is 704 g/mol. The van der Waals surface area contributed by atoms with Gasteiger partial charge in [0.15, 0.2) is 5.82 Å². The number of benzene rings is 2. The number of fused-ring (bicyclic) bond motifs is 9. The zero-order valence-electron chi connectivity index (χ0n) is 29.8. The van der Waals surface area contributed by atoms with Crippen molar-refractivity contribution in [1.82, 2.24) is 30.1 Å². The summed E-state index contributed by atoms with van der Waals surface area (Å²) < 4.78 is 44.7. The van der Waals surface area contributed by atoms with Crippen LogP contribution in [0.4, 0.5) is 14.6 Å². The Bertz CT molecular complexity index is 1950. The number of ether oxygens (including phenoxy) is 2. The number of aromatic nitrogens is 3. The Labute approximate surface area is 297 Å². The molecule has 11 nitrogen and oxygen atoms in total. The van der Waals surface area contributed by atoms with Gasteiger partial charge in [0.05, 0.1) is 30.1 Å². The van der Waals surface area contributed by atoms with Gasteiger partial charge in [-0.3, -0.25) is 14.7 Å². The van der Waals surface area contributed by atoms with E-state index in [0.29, 0.717) is 79.8 Å². The molecule has 6 bridgehead atoms. The minimum atomic E-state index is -0.706. The molecule has 13 heteroatoms. The van der Waals surface area contributed by atoms with Crippen LogP contribution in [0.5, 0.6) is 11.8 Å². The number of nitrogens with one attached hydrogen (secondary N) is 1. The standard InChI is InChI=1S/C36H41F2N7O4.C2H6/c1-3-25-28(37)6-5-21-13-23(46)14-26(30(21)25)32-31(38)33-27(16-40-32)34-42-35(41-33)49-20-36-8-4-10-45(36)19-24(15-36)48-12-7-29(47)43(2)17-22-18-44(34)11-9-39-22;1-2/h5-6,13-14,16,22,24,39,46H,3-4,7-12,15,17-20H2,1-2H3;1-2H3. The molecule has 272 valence electrons. The lowest BCUT2D eigenvalue weighted by molar-refractivity contribution is -0.131. The van der Waals surface area contributed by atoms with Gasteiger partial charge in [-0.05, 0) is 66.8 Å². The monoisotopic (exact) mass is 703 g/mol. The van der Waals surface area contributed by atoms with Gasteiger partial charge in [0.1, 0.15) is 35.2 Å². The summed E-state index contributed by atoms with van der Waals surface area (Å²) in [5.41, 5.74) is 0.425. The maximum atomic E-state index is 17.0. The van der Waals surface area contributed by atoms with Crippen LogP contribution in [0.25, 0.3) is 32.9 Å². The fourth-order valence-corrected chi connectivity index (χ4v) is 8.40. The van der Waals surface area contributed by atoms with Gasteiger partial charge in [0.2, 0.25) is 5.91 Å². The van der Waals surface area contributed by atoms with E-state index in [2.05, 4.69) is 25.1 Å². The van der Waals surface area contributed by atoms with Crippen LogP contribution in [0.3, 0.4) is 0 Å². The number of piperazine rings is 1. The quantitative estimate of drug-likeness (QED) is 0.294. The zero-order valence-corrected chi connectivity index (χ0v) is 29.8. The molecule has 3 saturated heterocycles. The molecule has 0 aliphatic carbocycles. The van der Waals surface area contributed by atoms with E-state index in [1.807, 2.05) is 27.8 Å². The van der Waals surface area contributed by atoms with Gasteiger partial charge in [-0.2, -0.15) is 9.97 Å². The third-order valence-electron chi connectivity index (χ3n) is 10.8. The minimum absolute atomic E-state index is 0.0150. The van der Waals surface area contributed by atoms with Crippen LogP contribution >= 0.6 is 0 Å². The molecular weight excluding hydrogens is 656 g/mol. The van der Waals surface area contributed by atoms with Crippen molar-refractivity contribution in [2.45, 2.75) is 70.6 Å². The van der Waals surface area contributed by atoms with Crippen LogP contribution in [-0.4, -0.2) is 113 Å². The molecule has 2 aromatic carbocycles. The number of halogens is 2. The highest BCUT2D eigenvalue weighted by atomic mass is 19.1. The maximum absolute atomic E-state index is 17.0. The van der Waals surface area contributed by atoms with Crippen LogP contribution in [0.2, 0.25) is 0 Å². The molecule has 4 aliphatic rings. The van der Waals surface area contributed by atoms with Crippen molar-refractivity contribution in [2.24, 2.45) is 0 Å². The van der Waals surface area contributed by atoms with Gasteiger partial charge in [-0.1, -0.05) is 26.8 Å². The first-order valence-electron chi connectivity index (χ1n) is 18.3. The van der Waals surface area contributed by atoms with E-state index in [1.165, 1.54) is 12.1 Å². The molecule has 3 atom stereocenters. The number of phenolic OH excluding ortho intramolecular Hbond substituents is 1. The van der Waals surface area contributed by atoms with Crippen LogP contribution < -0.4 is 15.0 Å². The number of aryl methyl sites for hydroxylation is 1. The van der Waals surface area contributed by atoms with Crippen molar-refractivity contribution < 1.29 is 28.2 Å². The molecule has 3 fully saturated rings. The van der Waals surface area contributed by atoms with E-state index in [-0.39, 0.29) is 52.1 Å². The Morgan fingerprint density at radius 2 is 1.96 bits per heavy atom. The minimum Gasteiger partial charge on any atom is -0.508 e. The Morgan fingerprint density at radius 3 is 2.78 bits per heavy atom. The molecule has 0 saturated carbocycles. The molecular formula is C38H47F2N7O4. The molecule has 2 N–H and O–H groups in total. The number of anilines is 1. The number of phenols is 1. The van der Waals surface area contributed by atoms with E-state index in [1.54, 1.807) is 23.2 Å². The summed E-state index contributed by atoms with van der Waals surface area (Å²) >= 11 is 0. The Kier molecular flexibility index (Phi) is 9.97. The van der Waals surface area contributed by atoms with Crippen molar-refractivity contribution in [3.05, 3.63) is 47.7 Å². The fourth-order valence-electron chi connectivity index (χ4n) is 8.40. The molecule has 0 radical (unpaired) electrons. The van der Waals surface area contributed by atoms with E-state index < -0.39 is 11.6 Å². The SMILES string of the molecule is CC.CCc1c(F)ccc2cc(O)cc(-c3ncc4c5nc(nc4c3F)OCC34CCCN3CC(C4)OCCC(=O)N(C)CC3CN5CCN3)c12. The lowest BCUT2D eigenvalue weighted by atomic mass is 9.94. The van der Waals surface area contributed by atoms with E-state index in [4.69, 9.17) is 14.5 Å². The highest BCUT2D eigenvalue weighted by Gasteiger charge is 2.49. The normalized spacial score (nSPS) is 24.2. The maximum Gasteiger partial charge on any atom is 0.319 e. The van der Waals surface area contributed by atoms with Crippen LogP contribution in [-0.2, 0) is 16.0 Å². The Morgan fingerprint density at radius 1 is 1.12 bits per heavy atom. The number of amides is 1. The summed E-state index contributed by atoms with van der Waals surface area (Å²) in [6.07, 6.45) is 4.95. The highest BCUT2D eigenvalue weighted by Crippen LogP contribution is 2.42. The first-order chi connectivity index (χ1) is 24.7. The number of carbonyl (C=O) groups is 1. The molecule has 1 amide bonds. The summed E-state index contributed by atoms with van der Waals surface area (Å²) in [7, 11) is 1.81. The van der Waals surface area contributed by atoms with Crippen molar-refractivity contribution in [3.8, 4) is 23.0 Å². The van der Waals surface area contributed by atoms with Crippen LogP contribution in [0.1, 0.15) is 52.0 Å². The second kappa shape index (κ2) is 14.4. The number of hydrogen-bond acceptors (Lipinski definition) is 10. The third-order valence-corrected chi connectivity index (χ3v) is 10.8. The molecule has 6 heterocycles. The molecule has 3 unspecified atom stereocenters.